The number of aryl methyl sites for hydroxylation is 1. The van der Waals surface area contributed by atoms with E-state index in [0.29, 0.717) is 5.88 Å². The minimum Gasteiger partial charge on any atom is -0.446 e. The van der Waals surface area contributed by atoms with E-state index in [1.165, 1.54) is 0 Å². The lowest BCUT2D eigenvalue weighted by Crippen LogP contribution is -2.39. The maximum Gasteiger partial charge on any atom is 0.321 e. The Morgan fingerprint density at radius 3 is 3.07 bits per heavy atom. The van der Waals surface area contributed by atoms with Crippen LogP contribution in [0.25, 0.3) is 0 Å². The van der Waals surface area contributed by atoms with Crippen molar-refractivity contribution >= 4 is 11.9 Å². The van der Waals surface area contributed by atoms with Crippen LogP contribution in [0.4, 0.5) is 10.7 Å². The van der Waals surface area contributed by atoms with Crippen LogP contribution in [0.15, 0.2) is 16.5 Å². The molecule has 1 aliphatic heterocycles. The van der Waals surface area contributed by atoms with Crippen molar-refractivity contribution in [3.05, 3.63) is 17.9 Å². The van der Waals surface area contributed by atoms with Crippen LogP contribution >= 0.6 is 0 Å². The number of nitrogens with one attached hydrogen (secondary N) is 3. The van der Waals surface area contributed by atoms with Crippen LogP contribution < -0.4 is 16.0 Å². The molecule has 1 atom stereocenters. The third-order valence-electron chi connectivity index (χ3n) is 2.37. The third-order valence-corrected chi connectivity index (χ3v) is 2.37. The van der Waals surface area contributed by atoms with Crippen LogP contribution in [-0.2, 0) is 0 Å². The fourth-order valence-corrected chi connectivity index (χ4v) is 1.61. The van der Waals surface area contributed by atoms with Gasteiger partial charge in [0.05, 0.1) is 0 Å². The molecule has 0 aliphatic carbocycles. The highest BCUT2D eigenvalue weighted by atomic mass is 16.4. The first-order valence-corrected chi connectivity index (χ1v) is 5.09. The van der Waals surface area contributed by atoms with Crippen molar-refractivity contribution in [1.82, 2.24) is 10.6 Å². The smallest absolute Gasteiger partial charge is 0.321 e. The zero-order valence-corrected chi connectivity index (χ0v) is 8.67. The van der Waals surface area contributed by atoms with Crippen molar-refractivity contribution < 1.29 is 9.21 Å². The Balaban J connectivity index is 1.81. The first-order chi connectivity index (χ1) is 7.24. The van der Waals surface area contributed by atoms with Crippen molar-refractivity contribution in [1.29, 1.82) is 0 Å². The lowest BCUT2D eigenvalue weighted by Gasteiger charge is -2.10. The molecule has 1 unspecified atom stereocenters. The highest BCUT2D eigenvalue weighted by Crippen LogP contribution is 2.11. The summed E-state index contributed by atoms with van der Waals surface area (Å²) in [6.45, 7) is 3.64. The summed E-state index contributed by atoms with van der Waals surface area (Å²) in [4.78, 5) is 11.5. The molecule has 1 fully saturated rings. The van der Waals surface area contributed by atoms with Gasteiger partial charge < -0.3 is 15.1 Å². The fourth-order valence-electron chi connectivity index (χ4n) is 1.61. The summed E-state index contributed by atoms with van der Waals surface area (Å²) in [5, 5.41) is 8.69. The van der Waals surface area contributed by atoms with Gasteiger partial charge in [-0.15, -0.1) is 0 Å². The van der Waals surface area contributed by atoms with E-state index < -0.39 is 0 Å². The number of carbonyl (C=O) groups is 1. The van der Waals surface area contributed by atoms with Crippen molar-refractivity contribution in [3.63, 3.8) is 0 Å². The number of furan rings is 1. The Labute approximate surface area is 88.2 Å². The molecule has 1 aromatic heterocycles. The summed E-state index contributed by atoms with van der Waals surface area (Å²) in [7, 11) is 0. The van der Waals surface area contributed by atoms with Crippen molar-refractivity contribution in [3.8, 4) is 0 Å². The summed E-state index contributed by atoms with van der Waals surface area (Å²) < 4.78 is 5.23. The summed E-state index contributed by atoms with van der Waals surface area (Å²) in [5.41, 5.74) is 0. The first-order valence-electron chi connectivity index (χ1n) is 5.09. The van der Waals surface area contributed by atoms with Gasteiger partial charge in [0.1, 0.15) is 5.76 Å². The van der Waals surface area contributed by atoms with E-state index in [1.807, 2.05) is 13.0 Å². The van der Waals surface area contributed by atoms with Crippen molar-refractivity contribution in [2.24, 2.45) is 0 Å². The zero-order valence-electron chi connectivity index (χ0n) is 8.67. The molecule has 5 nitrogen and oxygen atoms in total. The van der Waals surface area contributed by atoms with Crippen molar-refractivity contribution in [2.75, 3.05) is 18.4 Å². The number of hydrogen-bond donors (Lipinski definition) is 3. The maximum atomic E-state index is 11.5. The van der Waals surface area contributed by atoms with Gasteiger partial charge in [0.25, 0.3) is 0 Å². The second-order valence-electron chi connectivity index (χ2n) is 3.70. The predicted molar refractivity (Wildman–Crippen MR) is 56.9 cm³/mol. The lowest BCUT2D eigenvalue weighted by molar-refractivity contribution is 0.248. The Kier molecular flexibility index (Phi) is 2.91. The number of amides is 2. The number of anilines is 1. The van der Waals surface area contributed by atoms with Gasteiger partial charge in [-0.05, 0) is 26.0 Å². The minimum atomic E-state index is -0.210. The average Bonchev–Trinajstić information content (AvgIpc) is 2.77. The summed E-state index contributed by atoms with van der Waals surface area (Å²) >= 11 is 0. The molecular weight excluding hydrogens is 194 g/mol. The molecule has 1 aromatic rings. The normalized spacial score (nSPS) is 20.2. The SMILES string of the molecule is Cc1ccc(NC(=O)NC2CCNC2)o1. The van der Waals surface area contributed by atoms with E-state index in [2.05, 4.69) is 16.0 Å². The third kappa shape index (κ3) is 2.73. The lowest BCUT2D eigenvalue weighted by atomic mass is 10.3. The highest BCUT2D eigenvalue weighted by Gasteiger charge is 2.16. The molecule has 2 amide bonds. The molecule has 2 heterocycles. The number of hydrogen-bond acceptors (Lipinski definition) is 3. The van der Waals surface area contributed by atoms with Crippen molar-refractivity contribution in [2.45, 2.75) is 19.4 Å². The van der Waals surface area contributed by atoms with E-state index >= 15 is 0 Å². The highest BCUT2D eigenvalue weighted by molar-refractivity contribution is 5.88. The molecule has 0 saturated carbocycles. The van der Waals surface area contributed by atoms with Crippen LogP contribution in [0.1, 0.15) is 12.2 Å². The molecule has 0 bridgehead atoms. The largest absolute Gasteiger partial charge is 0.446 e. The Hall–Kier alpha value is -1.49. The van der Waals surface area contributed by atoms with E-state index in [4.69, 9.17) is 4.42 Å². The Morgan fingerprint density at radius 2 is 2.47 bits per heavy atom. The van der Waals surface area contributed by atoms with Crippen LogP contribution in [0, 0.1) is 6.92 Å². The zero-order chi connectivity index (χ0) is 10.7. The van der Waals surface area contributed by atoms with Crippen LogP contribution in [0.3, 0.4) is 0 Å². The molecule has 0 radical (unpaired) electrons. The van der Waals surface area contributed by atoms with Gasteiger partial charge in [-0.1, -0.05) is 0 Å². The molecule has 1 aliphatic rings. The van der Waals surface area contributed by atoms with Gasteiger partial charge in [-0.2, -0.15) is 0 Å². The monoisotopic (exact) mass is 209 g/mol. The molecule has 3 N–H and O–H groups in total. The van der Waals surface area contributed by atoms with E-state index in [9.17, 15) is 4.79 Å². The molecule has 0 aromatic carbocycles. The summed E-state index contributed by atoms with van der Waals surface area (Å²) in [6, 6.07) is 3.56. The Morgan fingerprint density at radius 1 is 1.60 bits per heavy atom. The fraction of sp³-hybridized carbons (Fsp3) is 0.500. The van der Waals surface area contributed by atoms with E-state index in [0.717, 1.165) is 25.3 Å². The predicted octanol–water partition coefficient (Wildman–Crippen LogP) is 1.07. The van der Waals surface area contributed by atoms with Gasteiger partial charge in [0.15, 0.2) is 0 Å². The van der Waals surface area contributed by atoms with Gasteiger partial charge in [-0.3, -0.25) is 5.32 Å². The molecule has 1 saturated heterocycles. The topological polar surface area (TPSA) is 66.3 Å². The number of rotatable bonds is 2. The van der Waals surface area contributed by atoms with Gasteiger partial charge >= 0.3 is 6.03 Å². The molecule has 15 heavy (non-hydrogen) atoms. The molecule has 0 spiro atoms. The average molecular weight is 209 g/mol. The van der Waals surface area contributed by atoms with Gasteiger partial charge in [0, 0.05) is 18.7 Å². The van der Waals surface area contributed by atoms with Gasteiger partial charge in [0.2, 0.25) is 5.88 Å². The van der Waals surface area contributed by atoms with Crippen LogP contribution in [-0.4, -0.2) is 25.2 Å². The minimum absolute atomic E-state index is 0.210. The van der Waals surface area contributed by atoms with E-state index in [1.54, 1.807) is 6.07 Å². The standard InChI is InChI=1S/C10H15N3O2/c1-7-2-3-9(15-7)13-10(14)12-8-4-5-11-6-8/h2-3,8,11H,4-6H2,1H3,(H2,12,13,14). The number of urea groups is 1. The van der Waals surface area contributed by atoms with Gasteiger partial charge in [-0.25, -0.2) is 4.79 Å². The summed E-state index contributed by atoms with van der Waals surface area (Å²) in [5.74, 6) is 1.27. The Bertz CT molecular complexity index is 342. The number of carbonyl (C=O) groups excluding carboxylic acids is 1. The van der Waals surface area contributed by atoms with Crippen LogP contribution in [0.5, 0.6) is 0 Å². The second-order valence-corrected chi connectivity index (χ2v) is 3.70. The second kappa shape index (κ2) is 4.35. The van der Waals surface area contributed by atoms with Crippen LogP contribution in [0.2, 0.25) is 0 Å². The molecule has 82 valence electrons. The quantitative estimate of drug-likeness (QED) is 0.682. The maximum absolute atomic E-state index is 11.5. The molecule has 5 heteroatoms. The molecule has 2 rings (SSSR count). The summed E-state index contributed by atoms with van der Waals surface area (Å²) in [6.07, 6.45) is 0.977. The molecular formula is C10H15N3O2. The van der Waals surface area contributed by atoms with E-state index in [-0.39, 0.29) is 12.1 Å². The first kappa shape index (κ1) is 10.0.